The fourth-order valence-electron chi connectivity index (χ4n) is 5.93. The number of carbonyl (C=O) groups excluding carboxylic acids is 1. The molecule has 0 aromatic heterocycles. The van der Waals surface area contributed by atoms with E-state index in [1.165, 1.54) is 36.8 Å². The average Bonchev–Trinajstić information content (AvgIpc) is 2.71. The van der Waals surface area contributed by atoms with Gasteiger partial charge in [0.2, 0.25) is 5.91 Å². The number of rotatable bonds is 4. The zero-order chi connectivity index (χ0) is 20.6. The maximum absolute atomic E-state index is 13.5. The van der Waals surface area contributed by atoms with Crippen LogP contribution in [0.2, 0.25) is 0 Å². The minimum Gasteiger partial charge on any atom is -0.491 e. The highest BCUT2D eigenvalue weighted by atomic mass is 16.5. The normalized spacial score (nSPS) is 29.0. The van der Waals surface area contributed by atoms with Crippen molar-refractivity contribution >= 4 is 5.91 Å². The number of nitrogens with one attached hydrogen (secondary N) is 2. The summed E-state index contributed by atoms with van der Waals surface area (Å²) < 4.78 is 6.04. The molecule has 2 heterocycles. The lowest BCUT2D eigenvalue weighted by Gasteiger charge is -2.46. The Morgan fingerprint density at radius 1 is 1.03 bits per heavy atom. The Bertz CT molecular complexity index is 728. The average molecular weight is 399 g/mol. The first-order valence-corrected chi connectivity index (χ1v) is 11.7. The molecule has 1 aromatic rings. The molecule has 1 amide bonds. The molecular weight excluding hydrogens is 360 g/mol. The standard InChI is InChI=1S/C25H38N2O2/c1-16(2)18-5-7-19(8-6-18)23-21-15-20(29-17(3)4)9-10-22(21)25(24(28)27-23)11-13-26-14-12-25/h9-10,15-19,23,26H,5-8,11-14H2,1-4H3,(H,27,28). The SMILES string of the molecule is CC(C)Oc1ccc2c(c1)C(C1CCC(C(C)C)CC1)NC(=O)C21CCNCC1. The number of amides is 1. The number of carbonyl (C=O) groups is 1. The Balaban J connectivity index is 1.68. The number of piperidine rings is 1. The van der Waals surface area contributed by atoms with Crippen molar-refractivity contribution in [1.82, 2.24) is 10.6 Å². The van der Waals surface area contributed by atoms with Crippen molar-refractivity contribution in [3.8, 4) is 5.75 Å². The van der Waals surface area contributed by atoms with Gasteiger partial charge in [0, 0.05) is 0 Å². The van der Waals surface area contributed by atoms with Crippen molar-refractivity contribution in [3.63, 3.8) is 0 Å². The summed E-state index contributed by atoms with van der Waals surface area (Å²) >= 11 is 0. The minimum atomic E-state index is -0.372. The number of benzene rings is 1. The summed E-state index contributed by atoms with van der Waals surface area (Å²) in [6.45, 7) is 10.6. The van der Waals surface area contributed by atoms with Gasteiger partial charge in [-0.15, -0.1) is 0 Å². The van der Waals surface area contributed by atoms with Gasteiger partial charge in [-0.25, -0.2) is 0 Å². The summed E-state index contributed by atoms with van der Waals surface area (Å²) in [5.41, 5.74) is 2.20. The van der Waals surface area contributed by atoms with E-state index in [4.69, 9.17) is 4.74 Å². The lowest BCUT2D eigenvalue weighted by Crippen LogP contribution is -2.56. The Labute approximate surface area is 176 Å². The Morgan fingerprint density at radius 3 is 2.34 bits per heavy atom. The summed E-state index contributed by atoms with van der Waals surface area (Å²) in [6.07, 6.45) is 6.88. The zero-order valence-electron chi connectivity index (χ0n) is 18.6. The van der Waals surface area contributed by atoms with Gasteiger partial charge in [0.25, 0.3) is 0 Å². The molecule has 1 unspecified atom stereocenters. The second-order valence-electron chi connectivity index (χ2n) is 10.1. The van der Waals surface area contributed by atoms with Crippen molar-refractivity contribution in [2.24, 2.45) is 17.8 Å². The van der Waals surface area contributed by atoms with Crippen LogP contribution in [0, 0.1) is 17.8 Å². The van der Waals surface area contributed by atoms with Crippen molar-refractivity contribution in [2.45, 2.75) is 83.8 Å². The second-order valence-corrected chi connectivity index (χ2v) is 10.1. The molecule has 2 N–H and O–H groups in total. The summed E-state index contributed by atoms with van der Waals surface area (Å²) in [5, 5.41) is 6.94. The largest absolute Gasteiger partial charge is 0.491 e. The highest BCUT2D eigenvalue weighted by Crippen LogP contribution is 2.48. The molecule has 160 valence electrons. The monoisotopic (exact) mass is 398 g/mol. The lowest BCUT2D eigenvalue weighted by atomic mass is 9.64. The molecule has 4 rings (SSSR count). The van der Waals surface area contributed by atoms with Crippen LogP contribution < -0.4 is 15.4 Å². The Morgan fingerprint density at radius 2 is 1.72 bits per heavy atom. The fourth-order valence-corrected chi connectivity index (χ4v) is 5.93. The predicted octanol–water partition coefficient (Wildman–Crippen LogP) is 4.73. The maximum Gasteiger partial charge on any atom is 0.231 e. The smallest absolute Gasteiger partial charge is 0.231 e. The van der Waals surface area contributed by atoms with Gasteiger partial charge >= 0.3 is 0 Å². The third-order valence-electron chi connectivity index (χ3n) is 7.65. The van der Waals surface area contributed by atoms with Crippen LogP contribution in [0.15, 0.2) is 18.2 Å². The molecular formula is C25H38N2O2. The van der Waals surface area contributed by atoms with Crippen LogP contribution >= 0.6 is 0 Å². The third kappa shape index (κ3) is 3.93. The quantitative estimate of drug-likeness (QED) is 0.771. The molecule has 2 aliphatic heterocycles. The van der Waals surface area contributed by atoms with Gasteiger partial charge in [-0.1, -0.05) is 19.9 Å². The number of fused-ring (bicyclic) bond motifs is 2. The molecule has 4 heteroatoms. The molecule has 29 heavy (non-hydrogen) atoms. The molecule has 0 bridgehead atoms. The second kappa shape index (κ2) is 8.29. The van der Waals surface area contributed by atoms with Crippen LogP contribution in [0.25, 0.3) is 0 Å². The topological polar surface area (TPSA) is 50.4 Å². The highest BCUT2D eigenvalue weighted by Gasteiger charge is 2.48. The molecule has 1 saturated heterocycles. The van der Waals surface area contributed by atoms with Gasteiger partial charge in [0.15, 0.2) is 0 Å². The van der Waals surface area contributed by atoms with Crippen LogP contribution in [0.4, 0.5) is 0 Å². The van der Waals surface area contributed by atoms with Gasteiger partial charge in [0.05, 0.1) is 17.6 Å². The lowest BCUT2D eigenvalue weighted by molar-refractivity contribution is -0.130. The van der Waals surface area contributed by atoms with Crippen LogP contribution in [0.1, 0.15) is 83.4 Å². The van der Waals surface area contributed by atoms with Crippen molar-refractivity contribution in [2.75, 3.05) is 13.1 Å². The first-order valence-electron chi connectivity index (χ1n) is 11.7. The summed E-state index contributed by atoms with van der Waals surface area (Å²) in [7, 11) is 0. The summed E-state index contributed by atoms with van der Waals surface area (Å²) in [4.78, 5) is 13.5. The van der Waals surface area contributed by atoms with E-state index in [1.54, 1.807) is 0 Å². The van der Waals surface area contributed by atoms with Gasteiger partial charge in [0.1, 0.15) is 5.75 Å². The molecule has 1 atom stereocenters. The van der Waals surface area contributed by atoms with Crippen LogP contribution in [0.3, 0.4) is 0 Å². The van der Waals surface area contributed by atoms with Crippen molar-refractivity contribution < 1.29 is 9.53 Å². The van der Waals surface area contributed by atoms with Gasteiger partial charge in [-0.2, -0.15) is 0 Å². The van der Waals surface area contributed by atoms with Crippen LogP contribution in [0.5, 0.6) is 5.75 Å². The molecule has 1 aliphatic carbocycles. The third-order valence-corrected chi connectivity index (χ3v) is 7.65. The van der Waals surface area contributed by atoms with E-state index in [2.05, 4.69) is 56.5 Å². The van der Waals surface area contributed by atoms with Crippen LogP contribution in [-0.4, -0.2) is 25.1 Å². The van der Waals surface area contributed by atoms with E-state index in [9.17, 15) is 4.79 Å². The molecule has 1 spiro atoms. The minimum absolute atomic E-state index is 0.127. The molecule has 0 radical (unpaired) electrons. The first-order chi connectivity index (χ1) is 13.9. The van der Waals surface area contributed by atoms with E-state index < -0.39 is 0 Å². The molecule has 1 aromatic carbocycles. The zero-order valence-corrected chi connectivity index (χ0v) is 18.6. The molecule has 2 fully saturated rings. The molecule has 1 saturated carbocycles. The van der Waals surface area contributed by atoms with E-state index in [0.717, 1.165) is 43.5 Å². The summed E-state index contributed by atoms with van der Waals surface area (Å²) in [6, 6.07) is 6.64. The van der Waals surface area contributed by atoms with Gasteiger partial charge in [-0.3, -0.25) is 4.79 Å². The number of ether oxygens (including phenoxy) is 1. The van der Waals surface area contributed by atoms with E-state index in [0.29, 0.717) is 5.92 Å². The molecule has 4 nitrogen and oxygen atoms in total. The first kappa shape index (κ1) is 20.7. The van der Waals surface area contributed by atoms with Gasteiger partial charge in [-0.05, 0) is 106 Å². The number of hydrogen-bond acceptors (Lipinski definition) is 3. The van der Waals surface area contributed by atoms with E-state index >= 15 is 0 Å². The van der Waals surface area contributed by atoms with Crippen LogP contribution in [-0.2, 0) is 10.2 Å². The Hall–Kier alpha value is -1.55. The van der Waals surface area contributed by atoms with E-state index in [-0.39, 0.29) is 23.5 Å². The molecule has 3 aliphatic rings. The highest BCUT2D eigenvalue weighted by molar-refractivity contribution is 5.91. The Kier molecular flexibility index (Phi) is 5.92. The predicted molar refractivity (Wildman–Crippen MR) is 117 cm³/mol. The fraction of sp³-hybridized carbons (Fsp3) is 0.720. The van der Waals surface area contributed by atoms with Crippen molar-refractivity contribution in [1.29, 1.82) is 0 Å². The van der Waals surface area contributed by atoms with E-state index in [1.807, 2.05) is 0 Å². The summed E-state index contributed by atoms with van der Waals surface area (Å²) in [5.74, 6) is 3.30. The maximum atomic E-state index is 13.5. The van der Waals surface area contributed by atoms with Gasteiger partial charge < -0.3 is 15.4 Å². The van der Waals surface area contributed by atoms with Crippen molar-refractivity contribution in [3.05, 3.63) is 29.3 Å². The number of hydrogen-bond donors (Lipinski definition) is 2.